The average molecular weight is 318 g/mol. The largest absolute Gasteiger partial charge is 0.368 e. The molecule has 0 N–H and O–H groups in total. The Bertz CT molecular complexity index is 742. The minimum Gasteiger partial charge on any atom is -0.358 e. The zero-order valence-electron chi connectivity index (χ0n) is 10.3. The van der Waals surface area contributed by atoms with Crippen LogP contribution in [0.2, 0.25) is 0 Å². The van der Waals surface area contributed by atoms with E-state index in [4.69, 9.17) is 0 Å². The predicted octanol–water partition coefficient (Wildman–Crippen LogP) is 0.706. The molecular formula is C9H10N4O5S2. The summed E-state index contributed by atoms with van der Waals surface area (Å²) in [5.74, 6) is 0.128. The highest BCUT2D eigenvalue weighted by Gasteiger charge is 2.16. The molecule has 108 valence electrons. The van der Waals surface area contributed by atoms with Crippen molar-refractivity contribution in [3.8, 4) is 0 Å². The van der Waals surface area contributed by atoms with Gasteiger partial charge in [-0.25, -0.2) is 4.98 Å². The third-order valence-corrected chi connectivity index (χ3v) is 3.62. The van der Waals surface area contributed by atoms with Gasteiger partial charge in [0.1, 0.15) is 11.2 Å². The lowest BCUT2D eigenvalue weighted by molar-refractivity contribution is -0.391. The van der Waals surface area contributed by atoms with Gasteiger partial charge in [-0.3, -0.25) is 4.18 Å². The van der Waals surface area contributed by atoms with Crippen LogP contribution in [0, 0.1) is 10.1 Å². The first-order chi connectivity index (χ1) is 9.37. The standard InChI is InChI=1S/C9H10N4O5S2/c1-20(16,17)18-4-5-19-8-3-2-7-10-6-9(13(14)15)12(7)11-8/h2-3,6H,4-5H2,1H3. The lowest BCUT2D eigenvalue weighted by Gasteiger charge is -2.00. The Labute approximate surface area is 118 Å². The SMILES string of the molecule is CS(=O)(=O)OCCSc1ccc2ncc([N+](=O)[O-])n2n1. The Morgan fingerprint density at radius 3 is 2.90 bits per heavy atom. The summed E-state index contributed by atoms with van der Waals surface area (Å²) in [5, 5.41) is 15.3. The molecule has 0 aromatic carbocycles. The van der Waals surface area contributed by atoms with Crippen molar-refractivity contribution >= 4 is 33.3 Å². The Hall–Kier alpha value is -1.72. The molecule has 0 saturated carbocycles. The fraction of sp³-hybridized carbons (Fsp3) is 0.333. The van der Waals surface area contributed by atoms with E-state index in [1.807, 2.05) is 0 Å². The van der Waals surface area contributed by atoms with Gasteiger partial charge in [0.15, 0.2) is 0 Å². The molecule has 11 heteroatoms. The van der Waals surface area contributed by atoms with Gasteiger partial charge < -0.3 is 10.1 Å². The second-order valence-corrected chi connectivity index (χ2v) is 6.45. The Morgan fingerprint density at radius 1 is 1.50 bits per heavy atom. The van der Waals surface area contributed by atoms with Crippen LogP contribution >= 0.6 is 11.8 Å². The van der Waals surface area contributed by atoms with Gasteiger partial charge in [-0.1, -0.05) is 9.61 Å². The summed E-state index contributed by atoms with van der Waals surface area (Å²) in [7, 11) is -3.46. The van der Waals surface area contributed by atoms with E-state index in [9.17, 15) is 18.5 Å². The Morgan fingerprint density at radius 2 is 2.25 bits per heavy atom. The molecule has 2 aromatic heterocycles. The topological polar surface area (TPSA) is 117 Å². The number of hydrogen-bond acceptors (Lipinski definition) is 8. The van der Waals surface area contributed by atoms with Crippen molar-refractivity contribution in [3.05, 3.63) is 28.4 Å². The average Bonchev–Trinajstić information content (AvgIpc) is 2.76. The minimum atomic E-state index is -3.46. The molecule has 0 amide bonds. The number of nitrogens with zero attached hydrogens (tertiary/aromatic N) is 4. The van der Waals surface area contributed by atoms with Crippen LogP contribution in [0.15, 0.2) is 23.4 Å². The van der Waals surface area contributed by atoms with Gasteiger partial charge in [-0.05, 0) is 11.0 Å². The van der Waals surface area contributed by atoms with E-state index in [1.165, 1.54) is 11.8 Å². The van der Waals surface area contributed by atoms with E-state index in [-0.39, 0.29) is 12.4 Å². The Kier molecular flexibility index (Phi) is 4.20. The third kappa shape index (κ3) is 3.65. The number of rotatable bonds is 6. The van der Waals surface area contributed by atoms with Crippen LogP contribution in [0.3, 0.4) is 0 Å². The lowest BCUT2D eigenvalue weighted by atomic mass is 10.6. The molecule has 9 nitrogen and oxygen atoms in total. The number of fused-ring (bicyclic) bond motifs is 1. The first-order valence-electron chi connectivity index (χ1n) is 5.33. The van der Waals surface area contributed by atoms with E-state index >= 15 is 0 Å². The maximum Gasteiger partial charge on any atom is 0.368 e. The molecule has 0 spiro atoms. The van der Waals surface area contributed by atoms with Crippen LogP contribution < -0.4 is 0 Å². The zero-order valence-corrected chi connectivity index (χ0v) is 11.9. The molecule has 0 aliphatic carbocycles. The van der Waals surface area contributed by atoms with Crippen molar-refractivity contribution in [1.29, 1.82) is 0 Å². The highest BCUT2D eigenvalue weighted by Crippen LogP contribution is 2.18. The van der Waals surface area contributed by atoms with E-state index in [0.29, 0.717) is 16.4 Å². The Balaban J connectivity index is 2.07. The third-order valence-electron chi connectivity index (χ3n) is 2.14. The maximum atomic E-state index is 10.8. The van der Waals surface area contributed by atoms with Gasteiger partial charge in [0.2, 0.25) is 5.65 Å². The fourth-order valence-electron chi connectivity index (χ4n) is 1.38. The predicted molar refractivity (Wildman–Crippen MR) is 71.2 cm³/mol. The molecule has 0 aliphatic rings. The molecule has 0 aliphatic heterocycles. The van der Waals surface area contributed by atoms with E-state index in [1.54, 1.807) is 12.1 Å². The van der Waals surface area contributed by atoms with Crippen molar-refractivity contribution in [1.82, 2.24) is 14.6 Å². The molecule has 0 bridgehead atoms. The first kappa shape index (κ1) is 14.7. The second kappa shape index (κ2) is 5.73. The van der Waals surface area contributed by atoms with Gasteiger partial charge in [0, 0.05) is 11.8 Å². The van der Waals surface area contributed by atoms with Crippen LogP contribution in [-0.2, 0) is 14.3 Å². The normalized spacial score (nSPS) is 11.8. The number of hydrogen-bond donors (Lipinski definition) is 0. The van der Waals surface area contributed by atoms with Crippen LogP contribution in [0.1, 0.15) is 0 Å². The van der Waals surface area contributed by atoms with Crippen molar-refractivity contribution in [3.63, 3.8) is 0 Å². The number of thioether (sulfide) groups is 1. The zero-order chi connectivity index (χ0) is 14.8. The molecule has 0 atom stereocenters. The molecule has 2 heterocycles. The summed E-state index contributed by atoms with van der Waals surface area (Å²) in [6.07, 6.45) is 2.10. The van der Waals surface area contributed by atoms with Gasteiger partial charge in [-0.15, -0.1) is 11.8 Å². The monoisotopic (exact) mass is 318 g/mol. The highest BCUT2D eigenvalue weighted by atomic mass is 32.2. The summed E-state index contributed by atoms with van der Waals surface area (Å²) in [6, 6.07) is 3.25. The van der Waals surface area contributed by atoms with Gasteiger partial charge in [0.05, 0.1) is 12.9 Å². The van der Waals surface area contributed by atoms with E-state index in [0.717, 1.165) is 17.0 Å². The number of aromatic nitrogens is 3. The van der Waals surface area contributed by atoms with E-state index < -0.39 is 15.0 Å². The lowest BCUT2D eigenvalue weighted by Crippen LogP contribution is -2.06. The van der Waals surface area contributed by atoms with Crippen LogP contribution in [-0.4, -0.2) is 46.6 Å². The molecule has 0 unspecified atom stereocenters. The highest BCUT2D eigenvalue weighted by molar-refractivity contribution is 7.99. The summed E-state index contributed by atoms with van der Waals surface area (Å²) in [4.78, 5) is 14.0. The molecule has 20 heavy (non-hydrogen) atoms. The van der Waals surface area contributed by atoms with Crippen molar-refractivity contribution < 1.29 is 17.5 Å². The molecular weight excluding hydrogens is 308 g/mol. The number of nitro groups is 1. The van der Waals surface area contributed by atoms with Gasteiger partial charge >= 0.3 is 5.82 Å². The summed E-state index contributed by atoms with van der Waals surface area (Å²) < 4.78 is 27.2. The van der Waals surface area contributed by atoms with Crippen molar-refractivity contribution in [2.45, 2.75) is 5.03 Å². The second-order valence-electron chi connectivity index (χ2n) is 3.69. The van der Waals surface area contributed by atoms with Crippen LogP contribution in [0.4, 0.5) is 5.82 Å². The molecule has 0 radical (unpaired) electrons. The first-order valence-corrected chi connectivity index (χ1v) is 8.13. The van der Waals surface area contributed by atoms with Crippen molar-refractivity contribution in [2.24, 2.45) is 0 Å². The van der Waals surface area contributed by atoms with Crippen LogP contribution in [0.5, 0.6) is 0 Å². The summed E-state index contributed by atoms with van der Waals surface area (Å²) in [6.45, 7) is 0.00917. The molecule has 2 aromatic rings. The number of imidazole rings is 1. The molecule has 0 saturated heterocycles. The fourth-order valence-corrected chi connectivity index (χ4v) is 2.55. The summed E-state index contributed by atoms with van der Waals surface area (Å²) >= 11 is 1.23. The van der Waals surface area contributed by atoms with Gasteiger partial charge in [0.25, 0.3) is 10.1 Å². The maximum absolute atomic E-state index is 10.8. The molecule has 0 fully saturated rings. The molecule has 2 rings (SSSR count). The quantitative estimate of drug-likeness (QED) is 0.251. The minimum absolute atomic E-state index is 0.00917. The van der Waals surface area contributed by atoms with Crippen LogP contribution in [0.25, 0.3) is 5.65 Å². The van der Waals surface area contributed by atoms with E-state index in [2.05, 4.69) is 14.3 Å². The van der Waals surface area contributed by atoms with Gasteiger partial charge in [-0.2, -0.15) is 8.42 Å². The summed E-state index contributed by atoms with van der Waals surface area (Å²) in [5.41, 5.74) is 0.369. The smallest absolute Gasteiger partial charge is 0.358 e. The van der Waals surface area contributed by atoms with Crippen molar-refractivity contribution in [2.75, 3.05) is 18.6 Å².